The van der Waals surface area contributed by atoms with Gasteiger partial charge in [0.15, 0.2) is 12.1 Å². The largest absolute Gasteiger partial charge is 0.485 e. The van der Waals surface area contributed by atoms with Crippen LogP contribution in [0.25, 0.3) is 0 Å². The van der Waals surface area contributed by atoms with E-state index in [-0.39, 0.29) is 12.4 Å². The van der Waals surface area contributed by atoms with Crippen LogP contribution in [0.1, 0.15) is 20.3 Å². The molecule has 0 heterocycles. The maximum Gasteiger partial charge on any atom is 0.314 e. The summed E-state index contributed by atoms with van der Waals surface area (Å²) < 4.78 is 29.3. The predicted molar refractivity (Wildman–Crippen MR) is 70.2 cm³/mol. The van der Waals surface area contributed by atoms with Crippen LogP contribution in [-0.2, 0) is 9.47 Å². The third-order valence-electron chi connectivity index (χ3n) is 2.45. The molecule has 1 aromatic rings. The molecule has 0 aliphatic rings. The zero-order valence-electron chi connectivity index (χ0n) is 11.5. The smallest absolute Gasteiger partial charge is 0.314 e. The molecule has 0 aliphatic heterocycles. The maximum absolute atomic E-state index is 13.5. The highest BCUT2D eigenvalue weighted by Gasteiger charge is 2.20. The van der Waals surface area contributed by atoms with E-state index in [1.54, 1.807) is 0 Å². The van der Waals surface area contributed by atoms with Crippen molar-refractivity contribution >= 4 is 5.69 Å². The molecule has 0 atom stereocenters. The summed E-state index contributed by atoms with van der Waals surface area (Å²) in [7, 11) is 0. The van der Waals surface area contributed by atoms with Gasteiger partial charge in [-0.15, -0.1) is 0 Å². The molecule has 0 aromatic heterocycles. The Morgan fingerprint density at radius 2 is 1.95 bits per heavy atom. The number of ether oxygens (including phenoxy) is 3. The second-order valence-electron chi connectivity index (χ2n) is 3.82. The predicted octanol–water partition coefficient (Wildman–Crippen LogP) is 2.90. The van der Waals surface area contributed by atoms with Crippen LogP contribution in [-0.4, -0.2) is 31.0 Å². The van der Waals surface area contributed by atoms with Gasteiger partial charge in [-0.1, -0.05) is 6.07 Å². The monoisotopic (exact) mass is 287 g/mol. The molecule has 0 unspecified atom stereocenters. The number of para-hydroxylation sites is 1. The van der Waals surface area contributed by atoms with E-state index in [9.17, 15) is 14.5 Å². The van der Waals surface area contributed by atoms with Gasteiger partial charge in [0.05, 0.1) is 11.5 Å². The zero-order valence-corrected chi connectivity index (χ0v) is 11.5. The summed E-state index contributed by atoms with van der Waals surface area (Å²) in [5, 5.41) is 10.8. The van der Waals surface area contributed by atoms with E-state index in [0.717, 1.165) is 6.07 Å². The Balaban J connectivity index is 2.63. The summed E-state index contributed by atoms with van der Waals surface area (Å²) in [6, 6.07) is 3.58. The van der Waals surface area contributed by atoms with Gasteiger partial charge in [-0.25, -0.2) is 4.39 Å². The number of nitrogens with zero attached hydrogens (tertiary/aromatic N) is 1. The lowest BCUT2D eigenvalue weighted by Gasteiger charge is -2.17. The highest BCUT2D eigenvalue weighted by molar-refractivity contribution is 5.46. The molecular formula is C13H18FNO5. The normalized spacial score (nSPS) is 10.8. The first kappa shape index (κ1) is 16.3. The molecule has 0 radical (unpaired) electrons. The number of nitro groups is 1. The van der Waals surface area contributed by atoms with Gasteiger partial charge < -0.3 is 14.2 Å². The lowest BCUT2D eigenvalue weighted by atomic mass is 10.3. The summed E-state index contributed by atoms with van der Waals surface area (Å²) in [5.41, 5.74) is -0.394. The van der Waals surface area contributed by atoms with Crippen molar-refractivity contribution in [2.45, 2.75) is 26.6 Å². The van der Waals surface area contributed by atoms with Crippen molar-refractivity contribution in [3.63, 3.8) is 0 Å². The van der Waals surface area contributed by atoms with E-state index < -0.39 is 22.7 Å². The van der Waals surface area contributed by atoms with E-state index in [0.29, 0.717) is 19.6 Å². The molecule has 0 amide bonds. The van der Waals surface area contributed by atoms with Gasteiger partial charge in [-0.3, -0.25) is 10.1 Å². The minimum atomic E-state index is -0.761. The first-order valence-electron chi connectivity index (χ1n) is 6.39. The Bertz CT molecular complexity index is 435. The van der Waals surface area contributed by atoms with Gasteiger partial charge in [0, 0.05) is 25.7 Å². The molecule has 0 spiro atoms. The van der Waals surface area contributed by atoms with Gasteiger partial charge in [-0.2, -0.15) is 0 Å². The van der Waals surface area contributed by atoms with Gasteiger partial charge >= 0.3 is 5.69 Å². The Hall–Kier alpha value is -1.73. The molecule has 0 N–H and O–H groups in total. The Kier molecular flexibility index (Phi) is 6.89. The summed E-state index contributed by atoms with van der Waals surface area (Å²) in [6.45, 7) is 4.67. The molecule has 1 aromatic carbocycles. The van der Waals surface area contributed by atoms with Crippen molar-refractivity contribution in [1.29, 1.82) is 0 Å². The molecule has 0 saturated heterocycles. The van der Waals surface area contributed by atoms with E-state index in [1.165, 1.54) is 12.1 Å². The van der Waals surface area contributed by atoms with Crippen molar-refractivity contribution in [1.82, 2.24) is 0 Å². The quantitative estimate of drug-likeness (QED) is 0.397. The van der Waals surface area contributed by atoms with E-state index in [1.807, 2.05) is 13.8 Å². The molecule has 0 bridgehead atoms. The topological polar surface area (TPSA) is 70.8 Å². The molecule has 0 aliphatic carbocycles. The minimum absolute atomic E-state index is 0.0619. The summed E-state index contributed by atoms with van der Waals surface area (Å²) in [5.74, 6) is -1.12. The summed E-state index contributed by atoms with van der Waals surface area (Å²) in [4.78, 5) is 10.1. The molecular weight excluding hydrogens is 269 g/mol. The highest BCUT2D eigenvalue weighted by atomic mass is 19.1. The zero-order chi connectivity index (χ0) is 15.0. The van der Waals surface area contributed by atoms with Crippen molar-refractivity contribution in [3.05, 3.63) is 34.1 Å². The first-order chi connectivity index (χ1) is 9.60. The number of halogens is 1. The van der Waals surface area contributed by atoms with E-state index in [2.05, 4.69) is 0 Å². The van der Waals surface area contributed by atoms with Crippen molar-refractivity contribution in [3.8, 4) is 5.75 Å². The van der Waals surface area contributed by atoms with E-state index >= 15 is 0 Å². The van der Waals surface area contributed by atoms with Gasteiger partial charge in [0.1, 0.15) is 0 Å². The number of benzene rings is 1. The SMILES string of the molecule is CCOC(CCOc1c(F)cccc1[N+](=O)[O-])OCC. The summed E-state index contributed by atoms with van der Waals surface area (Å²) in [6.07, 6.45) is -0.108. The van der Waals surface area contributed by atoms with Gasteiger partial charge in [0.25, 0.3) is 0 Å². The average molecular weight is 287 g/mol. The molecule has 6 nitrogen and oxygen atoms in total. The molecule has 1 rings (SSSR count). The van der Waals surface area contributed by atoms with E-state index in [4.69, 9.17) is 14.2 Å². The number of hydrogen-bond donors (Lipinski definition) is 0. The highest BCUT2D eigenvalue weighted by Crippen LogP contribution is 2.29. The second-order valence-corrected chi connectivity index (χ2v) is 3.82. The maximum atomic E-state index is 13.5. The fourth-order valence-corrected chi connectivity index (χ4v) is 1.63. The standard InChI is InChI=1S/C13H18FNO5/c1-3-18-12(19-4-2)8-9-20-13-10(14)6-5-7-11(13)15(16)17/h5-7,12H,3-4,8-9H2,1-2H3. The Morgan fingerprint density at radius 1 is 1.30 bits per heavy atom. The average Bonchev–Trinajstić information content (AvgIpc) is 2.40. The molecule has 20 heavy (non-hydrogen) atoms. The molecule has 112 valence electrons. The lowest BCUT2D eigenvalue weighted by molar-refractivity contribution is -0.386. The fourth-order valence-electron chi connectivity index (χ4n) is 1.63. The van der Waals surface area contributed by atoms with Crippen molar-refractivity contribution in [2.75, 3.05) is 19.8 Å². The minimum Gasteiger partial charge on any atom is -0.485 e. The third-order valence-corrected chi connectivity index (χ3v) is 2.45. The third kappa shape index (κ3) is 4.75. The lowest BCUT2D eigenvalue weighted by Crippen LogP contribution is -2.20. The van der Waals surface area contributed by atoms with Crippen LogP contribution < -0.4 is 4.74 Å². The summed E-state index contributed by atoms with van der Waals surface area (Å²) >= 11 is 0. The fraction of sp³-hybridized carbons (Fsp3) is 0.538. The van der Waals surface area contributed by atoms with Crippen LogP contribution >= 0.6 is 0 Å². The van der Waals surface area contributed by atoms with Crippen LogP contribution in [0.5, 0.6) is 5.75 Å². The van der Waals surface area contributed by atoms with Crippen LogP contribution in [0.2, 0.25) is 0 Å². The second kappa shape index (κ2) is 8.44. The van der Waals surface area contributed by atoms with Crippen molar-refractivity contribution in [2.24, 2.45) is 0 Å². The number of rotatable bonds is 9. The molecule has 0 saturated carbocycles. The van der Waals surface area contributed by atoms with Gasteiger partial charge in [-0.05, 0) is 19.9 Å². The van der Waals surface area contributed by atoms with Gasteiger partial charge in [0.2, 0.25) is 5.75 Å². The molecule has 7 heteroatoms. The van der Waals surface area contributed by atoms with Crippen LogP contribution in [0, 0.1) is 15.9 Å². The van der Waals surface area contributed by atoms with Crippen LogP contribution in [0.15, 0.2) is 18.2 Å². The molecule has 0 fully saturated rings. The Labute approximate surface area is 116 Å². The first-order valence-corrected chi connectivity index (χ1v) is 6.39. The Morgan fingerprint density at radius 3 is 2.50 bits per heavy atom. The van der Waals surface area contributed by atoms with Crippen LogP contribution in [0.3, 0.4) is 0 Å². The number of nitro benzene ring substituents is 1. The van der Waals surface area contributed by atoms with Crippen LogP contribution in [0.4, 0.5) is 10.1 Å². The number of hydrogen-bond acceptors (Lipinski definition) is 5. The van der Waals surface area contributed by atoms with Crippen molar-refractivity contribution < 1.29 is 23.5 Å².